The lowest BCUT2D eigenvalue weighted by Gasteiger charge is -2.07. The van der Waals surface area contributed by atoms with Crippen LogP contribution in [0.15, 0.2) is 40.9 Å². The molecule has 0 aliphatic carbocycles. The van der Waals surface area contributed by atoms with Crippen molar-refractivity contribution in [1.29, 1.82) is 0 Å². The van der Waals surface area contributed by atoms with Crippen molar-refractivity contribution in [2.45, 2.75) is 0 Å². The summed E-state index contributed by atoms with van der Waals surface area (Å²) in [4.78, 5) is 2.98. The number of hydrogen-bond donors (Lipinski definition) is 1. The summed E-state index contributed by atoms with van der Waals surface area (Å²) in [6.07, 6.45) is 0. The Labute approximate surface area is 127 Å². The number of fused-ring (bicyclic) bond motifs is 1. The number of nitrogens with zero attached hydrogens (tertiary/aromatic N) is 1. The van der Waals surface area contributed by atoms with Gasteiger partial charge in [0.25, 0.3) is 0 Å². The van der Waals surface area contributed by atoms with Gasteiger partial charge in [-0.2, -0.15) is 0 Å². The van der Waals surface area contributed by atoms with Crippen molar-refractivity contribution in [3.63, 3.8) is 0 Å². The molecule has 0 fully saturated rings. The summed E-state index contributed by atoms with van der Waals surface area (Å²) in [6, 6.07) is 10.5. The Bertz CT molecular complexity index is 840. The Kier molecular flexibility index (Phi) is 3.20. The van der Waals surface area contributed by atoms with Crippen molar-refractivity contribution in [3.05, 3.63) is 56.5 Å². The van der Waals surface area contributed by atoms with E-state index in [4.69, 9.17) is 23.8 Å². The number of rotatable bonds is 1. The van der Waals surface area contributed by atoms with E-state index in [1.807, 2.05) is 18.2 Å². The Hall–Kier alpha value is -1.17. The number of benzene rings is 2. The maximum absolute atomic E-state index is 13.5. The van der Waals surface area contributed by atoms with Gasteiger partial charge in [0.2, 0.25) is 0 Å². The Morgan fingerprint density at radius 3 is 2.74 bits per heavy atom. The molecule has 2 nitrogen and oxygen atoms in total. The standard InChI is InChI=1S/C13H7BrClFN2S/c14-7-5-12-10(6-9(7)16)17-13(19)18(12)11-4-2-1-3-8(11)15/h1-6H,(H,17,19). The van der Waals surface area contributed by atoms with E-state index in [9.17, 15) is 4.39 Å². The highest BCUT2D eigenvalue weighted by Gasteiger charge is 2.11. The van der Waals surface area contributed by atoms with Gasteiger partial charge in [0, 0.05) is 6.07 Å². The molecule has 0 saturated carbocycles. The monoisotopic (exact) mass is 356 g/mol. The van der Waals surface area contributed by atoms with E-state index in [0.29, 0.717) is 19.8 Å². The van der Waals surface area contributed by atoms with Gasteiger partial charge in [-0.25, -0.2) is 4.39 Å². The third-order valence-electron chi connectivity index (χ3n) is 2.82. The Balaban J connectivity index is 2.42. The molecule has 2 aromatic carbocycles. The number of hydrogen-bond acceptors (Lipinski definition) is 1. The zero-order valence-corrected chi connectivity index (χ0v) is 12.6. The number of nitrogens with one attached hydrogen (secondary N) is 1. The van der Waals surface area contributed by atoms with E-state index in [2.05, 4.69) is 20.9 Å². The molecule has 1 aromatic heterocycles. The summed E-state index contributed by atoms with van der Waals surface area (Å²) in [5.41, 5.74) is 2.16. The zero-order chi connectivity index (χ0) is 13.6. The quantitative estimate of drug-likeness (QED) is 0.590. The summed E-state index contributed by atoms with van der Waals surface area (Å²) in [6.45, 7) is 0. The van der Waals surface area contributed by atoms with Crippen LogP contribution >= 0.6 is 39.7 Å². The normalized spacial score (nSPS) is 11.1. The molecule has 3 aromatic rings. The van der Waals surface area contributed by atoms with Crippen LogP contribution in [0.4, 0.5) is 4.39 Å². The second kappa shape index (κ2) is 4.74. The highest BCUT2D eigenvalue weighted by atomic mass is 79.9. The van der Waals surface area contributed by atoms with E-state index in [0.717, 1.165) is 11.2 Å². The fourth-order valence-corrected chi connectivity index (χ4v) is 2.83. The number of halogens is 3. The van der Waals surface area contributed by atoms with Crippen molar-refractivity contribution in [2.75, 3.05) is 0 Å². The largest absolute Gasteiger partial charge is 0.330 e. The summed E-state index contributed by atoms with van der Waals surface area (Å²) in [5.74, 6) is -0.338. The first kappa shape index (κ1) is 12.8. The molecule has 0 bridgehead atoms. The van der Waals surface area contributed by atoms with Crippen LogP contribution in [-0.4, -0.2) is 9.55 Å². The molecule has 0 aliphatic rings. The van der Waals surface area contributed by atoms with E-state index in [-0.39, 0.29) is 5.82 Å². The van der Waals surface area contributed by atoms with Crippen LogP contribution in [0.1, 0.15) is 0 Å². The smallest absolute Gasteiger partial charge is 0.182 e. The van der Waals surface area contributed by atoms with Gasteiger partial charge in [0.05, 0.1) is 26.2 Å². The van der Waals surface area contributed by atoms with Gasteiger partial charge in [0.1, 0.15) is 5.82 Å². The molecule has 1 N–H and O–H groups in total. The van der Waals surface area contributed by atoms with Crippen LogP contribution in [0.2, 0.25) is 5.02 Å². The first-order valence-corrected chi connectivity index (χ1v) is 7.00. The predicted molar refractivity (Wildman–Crippen MR) is 81.1 cm³/mol. The van der Waals surface area contributed by atoms with Crippen LogP contribution in [0, 0.1) is 10.6 Å². The fraction of sp³-hybridized carbons (Fsp3) is 0. The van der Waals surface area contributed by atoms with Crippen LogP contribution in [-0.2, 0) is 0 Å². The average molecular weight is 358 g/mol. The zero-order valence-electron chi connectivity index (χ0n) is 9.45. The van der Waals surface area contributed by atoms with Gasteiger partial charge in [-0.3, -0.25) is 4.57 Å². The van der Waals surface area contributed by atoms with Gasteiger partial charge in [-0.05, 0) is 46.3 Å². The molecule has 96 valence electrons. The van der Waals surface area contributed by atoms with Crippen molar-refractivity contribution in [3.8, 4) is 5.69 Å². The SMILES string of the molecule is Fc1cc2[nH]c(=S)n(-c3ccccc3Cl)c2cc1Br. The van der Waals surface area contributed by atoms with Crippen LogP contribution < -0.4 is 0 Å². The molecule has 6 heteroatoms. The second-order valence-corrected chi connectivity index (χ2v) is 5.65. The van der Waals surface area contributed by atoms with Crippen LogP contribution in [0.3, 0.4) is 0 Å². The first-order chi connectivity index (χ1) is 9.08. The van der Waals surface area contributed by atoms with Gasteiger partial charge < -0.3 is 4.98 Å². The summed E-state index contributed by atoms with van der Waals surface area (Å²) in [5, 5.41) is 0.583. The van der Waals surface area contributed by atoms with E-state index in [1.54, 1.807) is 16.7 Å². The van der Waals surface area contributed by atoms with E-state index < -0.39 is 0 Å². The number of para-hydroxylation sites is 1. The summed E-state index contributed by atoms with van der Waals surface area (Å²) < 4.78 is 16.2. The molecule has 0 atom stereocenters. The van der Waals surface area contributed by atoms with Gasteiger partial charge >= 0.3 is 0 Å². The molecule has 19 heavy (non-hydrogen) atoms. The highest BCUT2D eigenvalue weighted by Crippen LogP contribution is 2.28. The van der Waals surface area contributed by atoms with E-state index >= 15 is 0 Å². The van der Waals surface area contributed by atoms with Crippen molar-refractivity contribution < 1.29 is 4.39 Å². The Morgan fingerprint density at radius 2 is 2.00 bits per heavy atom. The maximum Gasteiger partial charge on any atom is 0.182 e. The molecule has 0 spiro atoms. The molecular weight excluding hydrogens is 351 g/mol. The summed E-state index contributed by atoms with van der Waals surface area (Å²) in [7, 11) is 0. The van der Waals surface area contributed by atoms with Crippen molar-refractivity contribution in [2.24, 2.45) is 0 Å². The lowest BCUT2D eigenvalue weighted by molar-refractivity contribution is 0.623. The number of aromatic amines is 1. The van der Waals surface area contributed by atoms with Gasteiger partial charge in [-0.1, -0.05) is 23.7 Å². The second-order valence-electron chi connectivity index (χ2n) is 4.00. The van der Waals surface area contributed by atoms with Crippen LogP contribution in [0.25, 0.3) is 16.7 Å². The van der Waals surface area contributed by atoms with Gasteiger partial charge in [-0.15, -0.1) is 0 Å². The number of imidazole rings is 1. The lowest BCUT2D eigenvalue weighted by Crippen LogP contribution is -1.95. The van der Waals surface area contributed by atoms with Crippen molar-refractivity contribution in [1.82, 2.24) is 9.55 Å². The van der Waals surface area contributed by atoms with Crippen LogP contribution in [0.5, 0.6) is 0 Å². The molecule has 0 radical (unpaired) electrons. The van der Waals surface area contributed by atoms with E-state index in [1.165, 1.54) is 6.07 Å². The molecular formula is C13H7BrClFN2S. The summed E-state index contributed by atoms with van der Waals surface area (Å²) >= 11 is 14.7. The molecule has 0 aliphatic heterocycles. The maximum atomic E-state index is 13.5. The molecule has 1 heterocycles. The predicted octanol–water partition coefficient (Wildman–Crippen LogP) is 5.24. The first-order valence-electron chi connectivity index (χ1n) is 5.42. The number of aromatic nitrogens is 2. The minimum Gasteiger partial charge on any atom is -0.330 e. The average Bonchev–Trinajstić information content (AvgIpc) is 2.66. The van der Waals surface area contributed by atoms with Gasteiger partial charge in [0.15, 0.2) is 4.77 Å². The molecule has 0 saturated heterocycles. The lowest BCUT2D eigenvalue weighted by atomic mass is 10.2. The third kappa shape index (κ3) is 2.12. The third-order valence-corrected chi connectivity index (χ3v) is 4.03. The highest BCUT2D eigenvalue weighted by molar-refractivity contribution is 9.10. The minimum atomic E-state index is -0.338. The Morgan fingerprint density at radius 1 is 1.26 bits per heavy atom. The molecule has 0 amide bonds. The fourth-order valence-electron chi connectivity index (χ4n) is 1.97. The number of H-pyrrole nitrogens is 1. The topological polar surface area (TPSA) is 20.7 Å². The molecule has 0 unspecified atom stereocenters. The minimum absolute atomic E-state index is 0.338. The molecule has 3 rings (SSSR count). The van der Waals surface area contributed by atoms with Crippen molar-refractivity contribution >= 4 is 50.8 Å².